The summed E-state index contributed by atoms with van der Waals surface area (Å²) in [5.41, 5.74) is 9.35. The minimum atomic E-state index is -1.22. The van der Waals surface area contributed by atoms with Crippen molar-refractivity contribution in [2.24, 2.45) is 0 Å². The maximum absolute atomic E-state index is 13.3. The molecule has 2 atom stereocenters. The smallest absolute Gasteiger partial charge is 0.217 e. The first-order valence-electron chi connectivity index (χ1n) is 4.92. The fourth-order valence-corrected chi connectivity index (χ4v) is 1.57. The first-order valence-corrected chi connectivity index (χ1v) is 4.92. The second-order valence-electron chi connectivity index (χ2n) is 3.50. The Hall–Kier alpha value is -2.38. The largest absolute Gasteiger partial charge is 0.474 e. The number of nitrogen functional groups attached to an aromatic ring is 1. The Balaban J connectivity index is 1.93. The lowest BCUT2D eigenvalue weighted by molar-refractivity contribution is 0.124. The molecule has 1 aliphatic heterocycles. The molecule has 0 radical (unpaired) electrons. The molecule has 0 aromatic carbocycles. The Morgan fingerprint density at radius 1 is 1.41 bits per heavy atom. The van der Waals surface area contributed by atoms with E-state index in [-0.39, 0.29) is 5.82 Å². The van der Waals surface area contributed by atoms with Crippen molar-refractivity contribution in [3.8, 4) is 0 Å². The standard InChI is InChI=1S/C9H9FN6O/c10-5-1-2-17-9(5)15-16-4-14-6-7(11)12-3-13-8(6)16/h1-5,9,15H,(H2,11,12,13). The molecular weight excluding hydrogens is 227 g/mol. The van der Waals surface area contributed by atoms with Crippen molar-refractivity contribution in [3.63, 3.8) is 0 Å². The minimum absolute atomic E-state index is 0.276. The van der Waals surface area contributed by atoms with Gasteiger partial charge in [0.2, 0.25) is 6.23 Å². The number of nitrogens with one attached hydrogen (secondary N) is 1. The molecule has 0 spiro atoms. The Bertz CT molecular complexity index is 582. The maximum Gasteiger partial charge on any atom is 0.217 e. The second-order valence-corrected chi connectivity index (χ2v) is 3.50. The van der Waals surface area contributed by atoms with E-state index >= 15 is 0 Å². The number of fused-ring (bicyclic) bond motifs is 1. The lowest BCUT2D eigenvalue weighted by Crippen LogP contribution is -2.33. The number of hydrogen-bond donors (Lipinski definition) is 2. The molecule has 1 aliphatic rings. The van der Waals surface area contributed by atoms with Crippen LogP contribution in [-0.2, 0) is 4.74 Å². The summed E-state index contributed by atoms with van der Waals surface area (Å²) in [4.78, 5) is 11.9. The van der Waals surface area contributed by atoms with E-state index in [4.69, 9.17) is 10.5 Å². The predicted molar refractivity (Wildman–Crippen MR) is 58.0 cm³/mol. The maximum atomic E-state index is 13.3. The second kappa shape index (κ2) is 3.58. The number of ether oxygens (including phenoxy) is 1. The molecule has 7 nitrogen and oxygen atoms in total. The van der Waals surface area contributed by atoms with Crippen LogP contribution in [0.2, 0.25) is 0 Å². The third-order valence-electron chi connectivity index (χ3n) is 2.40. The quantitative estimate of drug-likeness (QED) is 0.771. The Morgan fingerprint density at radius 3 is 3.06 bits per heavy atom. The van der Waals surface area contributed by atoms with Crippen molar-refractivity contribution >= 4 is 17.0 Å². The fraction of sp³-hybridized carbons (Fsp3) is 0.222. The van der Waals surface area contributed by atoms with Gasteiger partial charge in [0.15, 0.2) is 23.2 Å². The van der Waals surface area contributed by atoms with E-state index < -0.39 is 12.4 Å². The number of aromatic nitrogens is 4. The van der Waals surface area contributed by atoms with Gasteiger partial charge in [0, 0.05) is 0 Å². The van der Waals surface area contributed by atoms with E-state index in [1.165, 1.54) is 29.7 Å². The van der Waals surface area contributed by atoms with Crippen molar-refractivity contribution < 1.29 is 9.13 Å². The fourth-order valence-electron chi connectivity index (χ4n) is 1.57. The van der Waals surface area contributed by atoms with Gasteiger partial charge in [0.1, 0.15) is 12.7 Å². The van der Waals surface area contributed by atoms with E-state index in [9.17, 15) is 4.39 Å². The van der Waals surface area contributed by atoms with Crippen LogP contribution in [0.3, 0.4) is 0 Å². The van der Waals surface area contributed by atoms with Gasteiger partial charge in [-0.3, -0.25) is 5.43 Å². The first-order chi connectivity index (χ1) is 8.25. The van der Waals surface area contributed by atoms with Gasteiger partial charge in [-0.25, -0.2) is 24.0 Å². The number of anilines is 1. The molecule has 2 aromatic heterocycles. The van der Waals surface area contributed by atoms with Gasteiger partial charge in [-0.1, -0.05) is 0 Å². The molecule has 0 saturated carbocycles. The number of imidazole rings is 1. The first kappa shape index (κ1) is 9.82. The summed E-state index contributed by atoms with van der Waals surface area (Å²) in [5.74, 6) is 0.276. The van der Waals surface area contributed by atoms with Crippen LogP contribution >= 0.6 is 0 Å². The molecule has 3 heterocycles. The zero-order valence-electron chi connectivity index (χ0n) is 8.62. The predicted octanol–water partition coefficient (Wildman–Crippen LogP) is 0.160. The summed E-state index contributed by atoms with van der Waals surface area (Å²) in [7, 11) is 0. The average Bonchev–Trinajstić information content (AvgIpc) is 2.89. The summed E-state index contributed by atoms with van der Waals surface area (Å²) in [6, 6.07) is 0. The topological polar surface area (TPSA) is 90.9 Å². The molecule has 0 bridgehead atoms. The number of nitrogens with zero attached hydrogens (tertiary/aromatic N) is 4. The third-order valence-corrected chi connectivity index (χ3v) is 2.40. The lowest BCUT2D eigenvalue weighted by atomic mass is 10.4. The third kappa shape index (κ3) is 1.53. The number of rotatable bonds is 2. The number of alkyl halides is 1. The van der Waals surface area contributed by atoms with Gasteiger partial charge in [-0.15, -0.1) is 0 Å². The van der Waals surface area contributed by atoms with E-state index in [0.717, 1.165) is 0 Å². The summed E-state index contributed by atoms with van der Waals surface area (Å²) >= 11 is 0. The van der Waals surface area contributed by atoms with Crippen LogP contribution in [0.5, 0.6) is 0 Å². The van der Waals surface area contributed by atoms with Gasteiger partial charge in [-0.2, -0.15) is 0 Å². The minimum Gasteiger partial charge on any atom is -0.474 e. The van der Waals surface area contributed by atoms with Crippen LogP contribution in [0.15, 0.2) is 25.0 Å². The highest BCUT2D eigenvalue weighted by atomic mass is 19.1. The van der Waals surface area contributed by atoms with Gasteiger partial charge >= 0.3 is 0 Å². The summed E-state index contributed by atoms with van der Waals surface area (Å²) in [6.45, 7) is 0. The highest BCUT2D eigenvalue weighted by Crippen LogP contribution is 2.16. The van der Waals surface area contributed by atoms with Crippen LogP contribution in [0.1, 0.15) is 0 Å². The SMILES string of the molecule is Nc1ncnc2c1ncn2NC1OC=CC1F. The van der Waals surface area contributed by atoms with Gasteiger partial charge in [0.05, 0.1) is 6.26 Å². The van der Waals surface area contributed by atoms with E-state index in [2.05, 4.69) is 20.4 Å². The molecule has 88 valence electrons. The molecule has 3 N–H and O–H groups in total. The molecule has 2 unspecified atom stereocenters. The molecule has 3 rings (SSSR count). The zero-order valence-corrected chi connectivity index (χ0v) is 8.62. The average molecular weight is 236 g/mol. The molecular formula is C9H9FN6O. The summed E-state index contributed by atoms with van der Waals surface area (Å²) in [5, 5.41) is 0. The van der Waals surface area contributed by atoms with E-state index in [1.54, 1.807) is 0 Å². The number of halogens is 1. The molecule has 2 aromatic rings. The van der Waals surface area contributed by atoms with Crippen molar-refractivity contribution in [2.45, 2.75) is 12.4 Å². The normalized spacial score (nSPS) is 22.9. The van der Waals surface area contributed by atoms with Crippen molar-refractivity contribution in [1.82, 2.24) is 19.6 Å². The molecule has 0 fully saturated rings. The van der Waals surface area contributed by atoms with E-state index in [1.807, 2.05) is 0 Å². The Kier molecular flexibility index (Phi) is 2.07. The van der Waals surface area contributed by atoms with Crippen LogP contribution in [0.25, 0.3) is 11.2 Å². The molecule has 0 aliphatic carbocycles. The molecule has 0 amide bonds. The summed E-state index contributed by atoms with van der Waals surface area (Å²) in [6.07, 6.45) is 3.39. The van der Waals surface area contributed by atoms with Crippen molar-refractivity contribution in [3.05, 3.63) is 25.0 Å². The molecule has 17 heavy (non-hydrogen) atoms. The highest BCUT2D eigenvalue weighted by Gasteiger charge is 2.24. The highest BCUT2D eigenvalue weighted by molar-refractivity contribution is 5.81. The van der Waals surface area contributed by atoms with Crippen LogP contribution in [-0.4, -0.2) is 32.0 Å². The lowest BCUT2D eigenvalue weighted by Gasteiger charge is -2.16. The van der Waals surface area contributed by atoms with Crippen LogP contribution in [0.4, 0.5) is 10.2 Å². The summed E-state index contributed by atoms with van der Waals surface area (Å²) < 4.78 is 19.8. The molecule has 0 saturated heterocycles. The molecule has 8 heteroatoms. The van der Waals surface area contributed by atoms with Gasteiger partial charge in [0.25, 0.3) is 0 Å². The van der Waals surface area contributed by atoms with Gasteiger partial charge < -0.3 is 10.5 Å². The van der Waals surface area contributed by atoms with Crippen LogP contribution in [0, 0.1) is 0 Å². The van der Waals surface area contributed by atoms with Crippen LogP contribution < -0.4 is 11.2 Å². The van der Waals surface area contributed by atoms with Gasteiger partial charge in [-0.05, 0) is 6.08 Å². The number of hydrogen-bond acceptors (Lipinski definition) is 6. The van der Waals surface area contributed by atoms with E-state index in [0.29, 0.717) is 11.2 Å². The Morgan fingerprint density at radius 2 is 2.29 bits per heavy atom. The Labute approximate surface area is 95.1 Å². The monoisotopic (exact) mass is 236 g/mol. The van der Waals surface area contributed by atoms with Crippen molar-refractivity contribution in [2.75, 3.05) is 11.2 Å². The number of nitrogens with two attached hydrogens (primary N) is 1. The van der Waals surface area contributed by atoms with Crippen molar-refractivity contribution in [1.29, 1.82) is 0 Å². The zero-order chi connectivity index (χ0) is 11.8.